The Morgan fingerprint density at radius 3 is 2.47 bits per heavy atom. The van der Waals surface area contributed by atoms with Crippen molar-refractivity contribution in [2.45, 2.75) is 44.4 Å². The molecule has 1 aromatic heterocycles. The van der Waals surface area contributed by atoms with E-state index in [-0.39, 0.29) is 50.5 Å². The molecule has 1 N–H and O–H groups in total. The van der Waals surface area contributed by atoms with Crippen molar-refractivity contribution in [2.75, 3.05) is 7.05 Å². The predicted molar refractivity (Wildman–Crippen MR) is 134 cm³/mol. The van der Waals surface area contributed by atoms with E-state index in [1.807, 2.05) is 42.6 Å². The van der Waals surface area contributed by atoms with Gasteiger partial charge in [0, 0.05) is 17.9 Å². The zero-order chi connectivity index (χ0) is 23.2. The molecule has 3 aromatic rings. The van der Waals surface area contributed by atoms with Crippen molar-refractivity contribution in [3.8, 4) is 17.0 Å². The van der Waals surface area contributed by atoms with Crippen molar-refractivity contribution in [3.05, 3.63) is 107 Å². The normalized spacial score (nSPS) is 22.1. The Bertz CT molecular complexity index is 1230. The molecule has 1 saturated heterocycles. The Kier molecular flexibility index (Phi) is 6.96. The van der Waals surface area contributed by atoms with E-state index in [9.17, 15) is 5.11 Å². The summed E-state index contributed by atoms with van der Waals surface area (Å²) in [6.07, 6.45) is 8.10. The minimum Gasteiger partial charge on any atom is -0.641 e. The van der Waals surface area contributed by atoms with Crippen LogP contribution in [0.15, 0.2) is 79.0 Å². The van der Waals surface area contributed by atoms with E-state index in [4.69, 9.17) is 5.32 Å². The molecule has 5 heteroatoms. The van der Waals surface area contributed by atoms with Crippen molar-refractivity contribution >= 4 is 5.57 Å². The van der Waals surface area contributed by atoms with Crippen molar-refractivity contribution in [3.63, 3.8) is 0 Å². The number of hydrogen-bond acceptors (Lipinski definition) is 3. The molecule has 4 nitrogen and oxygen atoms in total. The standard InChI is InChI=1S/C29H29N3O.Pt/c1-29(2,3)21-17-19(16-20(18-21)24-12-7-8-15-30-24)22-11-9-13-25-27(22)31-28(32(25)4)23-10-5-6-14-26(23)33;/h5-15,17-18,25,27-28,33H,1-4H3;/q-2;+2. The van der Waals surface area contributed by atoms with Crippen LogP contribution in [0.1, 0.15) is 43.6 Å². The number of benzene rings is 2. The molecule has 1 aliphatic carbocycles. The molecule has 176 valence electrons. The number of rotatable bonds is 3. The van der Waals surface area contributed by atoms with E-state index in [0.29, 0.717) is 0 Å². The number of pyridine rings is 1. The molecule has 0 saturated carbocycles. The fraction of sp³-hybridized carbons (Fsp3) is 0.276. The summed E-state index contributed by atoms with van der Waals surface area (Å²) in [5, 5.41) is 15.6. The van der Waals surface area contributed by atoms with Gasteiger partial charge in [-0.3, -0.25) is 4.98 Å². The van der Waals surface area contributed by atoms with E-state index < -0.39 is 0 Å². The predicted octanol–water partition coefficient (Wildman–Crippen LogP) is 6.26. The number of para-hydroxylation sites is 1. The van der Waals surface area contributed by atoms with Gasteiger partial charge in [0.25, 0.3) is 0 Å². The molecular formula is C29H29N3OPt. The number of phenols is 1. The van der Waals surface area contributed by atoms with Crippen molar-refractivity contribution in [2.24, 2.45) is 0 Å². The Balaban J connectivity index is 0.00000274. The van der Waals surface area contributed by atoms with Crippen LogP contribution < -0.4 is 0 Å². The summed E-state index contributed by atoms with van der Waals surface area (Å²) in [4.78, 5) is 6.81. The number of nitrogens with zero attached hydrogens (tertiary/aromatic N) is 3. The molecule has 0 radical (unpaired) electrons. The molecule has 1 aliphatic heterocycles. The van der Waals surface area contributed by atoms with Gasteiger partial charge < -0.3 is 15.3 Å². The van der Waals surface area contributed by atoms with Gasteiger partial charge in [-0.15, -0.1) is 40.9 Å². The monoisotopic (exact) mass is 630 g/mol. The summed E-state index contributed by atoms with van der Waals surface area (Å²) in [5.41, 5.74) is 6.18. The Morgan fingerprint density at radius 2 is 1.76 bits per heavy atom. The third-order valence-electron chi connectivity index (χ3n) is 6.59. The average molecular weight is 631 g/mol. The van der Waals surface area contributed by atoms with E-state index in [1.165, 1.54) is 5.56 Å². The first-order valence-corrected chi connectivity index (χ1v) is 11.4. The largest absolute Gasteiger partial charge is 2.00 e. The molecule has 5 rings (SSSR count). The first-order valence-electron chi connectivity index (χ1n) is 11.4. The third-order valence-corrected chi connectivity index (χ3v) is 6.59. The first kappa shape index (κ1) is 24.6. The zero-order valence-electron chi connectivity index (χ0n) is 19.8. The van der Waals surface area contributed by atoms with Gasteiger partial charge in [-0.1, -0.05) is 81.1 Å². The maximum Gasteiger partial charge on any atom is 2.00 e. The number of aromatic nitrogens is 1. The number of phenolic OH excluding ortho intramolecular Hbond substituents is 1. The SMILES string of the molecule is CN1C(c2ccccc2O)[N-]C2C(c3[c-]c(-c4ccccn4)cc(C(C)(C)C)c3)=CC=CC21.[Pt+2]. The Hall–Kier alpha value is -2.52. The molecule has 2 aliphatic rings. The number of allylic oxidation sites excluding steroid dienone is 2. The van der Waals surface area contributed by atoms with Gasteiger partial charge >= 0.3 is 21.1 Å². The minimum absolute atomic E-state index is 0. The van der Waals surface area contributed by atoms with E-state index in [2.05, 4.69) is 74.1 Å². The number of hydrogen-bond donors (Lipinski definition) is 1. The van der Waals surface area contributed by atoms with Crippen LogP contribution in [0.3, 0.4) is 0 Å². The van der Waals surface area contributed by atoms with Crippen LogP contribution in [0.5, 0.6) is 5.75 Å². The topological polar surface area (TPSA) is 50.5 Å². The summed E-state index contributed by atoms with van der Waals surface area (Å²) in [6, 6.07) is 21.6. The van der Waals surface area contributed by atoms with Crippen LogP contribution in [0.25, 0.3) is 22.1 Å². The molecule has 2 aromatic carbocycles. The second-order valence-corrected chi connectivity index (χ2v) is 9.85. The average Bonchev–Trinajstić information content (AvgIpc) is 3.15. The number of fused-ring (bicyclic) bond motifs is 1. The summed E-state index contributed by atoms with van der Waals surface area (Å²) < 4.78 is 0. The van der Waals surface area contributed by atoms with E-state index >= 15 is 0 Å². The fourth-order valence-electron chi connectivity index (χ4n) is 4.68. The van der Waals surface area contributed by atoms with Crippen LogP contribution in [-0.2, 0) is 26.5 Å². The van der Waals surface area contributed by atoms with Gasteiger partial charge in [0.15, 0.2) is 0 Å². The molecule has 0 bridgehead atoms. The number of likely N-dealkylation sites (N-methyl/N-ethyl adjacent to an activating group) is 1. The van der Waals surface area contributed by atoms with Crippen LogP contribution in [0, 0.1) is 6.07 Å². The Labute approximate surface area is 216 Å². The molecule has 2 heterocycles. The summed E-state index contributed by atoms with van der Waals surface area (Å²) in [5.74, 6) is 0.282. The van der Waals surface area contributed by atoms with Crippen LogP contribution in [0.4, 0.5) is 0 Å². The summed E-state index contributed by atoms with van der Waals surface area (Å²) in [6.45, 7) is 6.69. The summed E-state index contributed by atoms with van der Waals surface area (Å²) >= 11 is 0. The fourth-order valence-corrected chi connectivity index (χ4v) is 4.68. The van der Waals surface area contributed by atoms with Gasteiger partial charge in [0.05, 0.1) is 0 Å². The van der Waals surface area contributed by atoms with Crippen molar-refractivity contribution in [1.82, 2.24) is 9.88 Å². The molecule has 3 unspecified atom stereocenters. The van der Waals surface area contributed by atoms with Gasteiger partial charge in [0.1, 0.15) is 5.75 Å². The molecule has 3 atom stereocenters. The first-order chi connectivity index (χ1) is 15.8. The molecule has 34 heavy (non-hydrogen) atoms. The maximum atomic E-state index is 10.5. The van der Waals surface area contributed by atoms with Gasteiger partial charge in [-0.05, 0) is 30.2 Å². The molecule has 0 spiro atoms. The Morgan fingerprint density at radius 1 is 1.03 bits per heavy atom. The number of aromatic hydroxyl groups is 1. The smallest absolute Gasteiger partial charge is 0.641 e. The molecule has 1 fully saturated rings. The van der Waals surface area contributed by atoms with Crippen LogP contribution >= 0.6 is 0 Å². The van der Waals surface area contributed by atoms with E-state index in [1.54, 1.807) is 6.07 Å². The second kappa shape index (κ2) is 9.62. The van der Waals surface area contributed by atoms with Gasteiger partial charge in [0.2, 0.25) is 0 Å². The van der Waals surface area contributed by atoms with Crippen molar-refractivity contribution in [1.29, 1.82) is 0 Å². The molecule has 0 amide bonds. The van der Waals surface area contributed by atoms with Crippen molar-refractivity contribution < 1.29 is 26.2 Å². The van der Waals surface area contributed by atoms with Crippen LogP contribution in [0.2, 0.25) is 0 Å². The quantitative estimate of drug-likeness (QED) is 0.348. The maximum absolute atomic E-state index is 10.5. The van der Waals surface area contributed by atoms with E-state index in [0.717, 1.165) is 28.0 Å². The molecular weight excluding hydrogens is 601 g/mol. The minimum atomic E-state index is -0.201. The third kappa shape index (κ3) is 4.55. The summed E-state index contributed by atoms with van der Waals surface area (Å²) in [7, 11) is 2.08. The second-order valence-electron chi connectivity index (χ2n) is 9.85. The van der Waals surface area contributed by atoms with Gasteiger partial charge in [-0.2, -0.15) is 0 Å². The zero-order valence-corrected chi connectivity index (χ0v) is 22.1. The van der Waals surface area contributed by atoms with Crippen LogP contribution in [-0.4, -0.2) is 34.1 Å². The van der Waals surface area contributed by atoms with Gasteiger partial charge in [-0.25, -0.2) is 0 Å².